The van der Waals surface area contributed by atoms with E-state index < -0.39 is 97.5 Å². The lowest BCUT2D eigenvalue weighted by atomic mass is 10.0. The molecule has 0 aliphatic heterocycles. The van der Waals surface area contributed by atoms with Crippen LogP contribution in [0.25, 0.3) is 0 Å². The molecule has 0 radical (unpaired) electrons. The summed E-state index contributed by atoms with van der Waals surface area (Å²) in [5.74, 6) is -0.664. The van der Waals surface area contributed by atoms with E-state index in [1.807, 2.05) is 0 Å². The zero-order valence-electron chi connectivity index (χ0n) is 58.4. The molecular weight excluding hydrogens is 1190 g/mol. The lowest BCUT2D eigenvalue weighted by Crippen LogP contribution is -2.30. The van der Waals surface area contributed by atoms with Crippen molar-refractivity contribution in [1.29, 1.82) is 0 Å². The summed E-state index contributed by atoms with van der Waals surface area (Å²) in [7, 11) is -9.90. The molecule has 0 aromatic rings. The number of carbonyl (C=O) groups excluding carboxylic acids is 4. The van der Waals surface area contributed by atoms with Gasteiger partial charge in [-0.1, -0.05) is 311 Å². The fraction of sp³-hybridized carbons (Fsp3) is 0.944. The zero-order valence-corrected chi connectivity index (χ0v) is 60.2. The van der Waals surface area contributed by atoms with Gasteiger partial charge in [0.25, 0.3) is 0 Å². The van der Waals surface area contributed by atoms with Crippen LogP contribution < -0.4 is 0 Å². The third-order valence-electron chi connectivity index (χ3n) is 16.5. The van der Waals surface area contributed by atoms with Crippen LogP contribution in [0.1, 0.15) is 363 Å². The number of hydrogen-bond acceptors (Lipinski definition) is 15. The second-order valence-electron chi connectivity index (χ2n) is 26.6. The molecule has 0 saturated heterocycles. The molecule has 0 rings (SSSR count). The van der Waals surface area contributed by atoms with E-state index in [-0.39, 0.29) is 25.7 Å². The molecule has 0 spiro atoms. The minimum absolute atomic E-state index is 0.102. The Labute approximate surface area is 549 Å². The number of unbranched alkanes of at least 4 members (excludes halogenated alkanes) is 40. The van der Waals surface area contributed by atoms with Crippen molar-refractivity contribution in [3.05, 3.63) is 0 Å². The first-order valence-electron chi connectivity index (χ1n) is 37.0. The number of esters is 4. The topological polar surface area (TPSA) is 237 Å². The number of aliphatic hydroxyl groups excluding tert-OH is 1. The van der Waals surface area contributed by atoms with E-state index in [2.05, 4.69) is 41.5 Å². The van der Waals surface area contributed by atoms with Gasteiger partial charge in [-0.25, -0.2) is 9.13 Å². The third-order valence-corrected chi connectivity index (χ3v) is 18.4. The Balaban J connectivity index is 5.20. The van der Waals surface area contributed by atoms with Gasteiger partial charge in [0, 0.05) is 25.7 Å². The van der Waals surface area contributed by atoms with Crippen molar-refractivity contribution >= 4 is 39.5 Å². The predicted octanol–water partition coefficient (Wildman–Crippen LogP) is 20.4. The number of hydrogen-bond donors (Lipinski definition) is 3. The minimum atomic E-state index is -4.95. The van der Waals surface area contributed by atoms with Gasteiger partial charge in [0.15, 0.2) is 12.2 Å². The maximum absolute atomic E-state index is 13.0. The Hall–Kier alpha value is -1.94. The van der Waals surface area contributed by atoms with Crippen molar-refractivity contribution < 1.29 is 80.2 Å². The first-order chi connectivity index (χ1) is 43.4. The summed E-state index contributed by atoms with van der Waals surface area (Å²) in [5, 5.41) is 10.6. The Morgan fingerprint density at radius 3 is 0.756 bits per heavy atom. The zero-order chi connectivity index (χ0) is 66.5. The predicted molar refractivity (Wildman–Crippen MR) is 363 cm³/mol. The monoisotopic (exact) mass is 1320 g/mol. The van der Waals surface area contributed by atoms with Gasteiger partial charge in [-0.3, -0.25) is 37.3 Å². The molecule has 0 saturated carbocycles. The summed E-state index contributed by atoms with van der Waals surface area (Å²) < 4.78 is 68.2. The molecule has 0 aromatic heterocycles. The second kappa shape index (κ2) is 63.1. The van der Waals surface area contributed by atoms with Crippen LogP contribution in [0.4, 0.5) is 0 Å². The number of aliphatic hydroxyl groups is 1. The highest BCUT2D eigenvalue weighted by Gasteiger charge is 2.30. The molecule has 534 valence electrons. The summed E-state index contributed by atoms with van der Waals surface area (Å²) in [5.41, 5.74) is 0. The fourth-order valence-corrected chi connectivity index (χ4v) is 12.3. The van der Waals surface area contributed by atoms with Crippen molar-refractivity contribution in [3.8, 4) is 0 Å². The van der Waals surface area contributed by atoms with E-state index in [1.165, 1.54) is 173 Å². The molecule has 0 amide bonds. The Morgan fingerprint density at radius 1 is 0.300 bits per heavy atom. The molecule has 3 N–H and O–H groups in total. The van der Waals surface area contributed by atoms with Crippen LogP contribution >= 0.6 is 15.6 Å². The van der Waals surface area contributed by atoms with E-state index >= 15 is 0 Å². The van der Waals surface area contributed by atoms with Gasteiger partial charge in [-0.05, 0) is 37.5 Å². The minimum Gasteiger partial charge on any atom is -0.462 e. The second-order valence-corrected chi connectivity index (χ2v) is 29.5. The summed E-state index contributed by atoms with van der Waals surface area (Å²) in [6.07, 6.45) is 48.8. The van der Waals surface area contributed by atoms with Gasteiger partial charge in [0.2, 0.25) is 0 Å². The smallest absolute Gasteiger partial charge is 0.462 e. The van der Waals surface area contributed by atoms with E-state index in [9.17, 15) is 43.2 Å². The normalized spacial score (nSPS) is 14.1. The van der Waals surface area contributed by atoms with Gasteiger partial charge >= 0.3 is 39.5 Å². The standard InChI is InChI=1S/C71H138O17P2/c1-7-9-11-13-15-17-18-19-20-21-25-28-31-35-42-48-54-69(74)82-59-66(87-70(75)55-49-43-36-32-29-26-23-22-24-27-30-33-39-45-51-63(3)4)61-85-89(77,78)83-57-65(72)58-84-90(79,80)86-62-67(60-81-68(73)53-47-41-34-16-14-12-10-8-2)88-71(76)56-50-44-38-37-40-46-52-64(5)6/h63-67,72H,7-62H2,1-6H3,(H,77,78)(H,79,80)/t65-,66-,67-/m1/s1. The largest absolute Gasteiger partial charge is 0.472 e. The highest BCUT2D eigenvalue weighted by Crippen LogP contribution is 2.45. The summed E-state index contributed by atoms with van der Waals surface area (Å²) in [4.78, 5) is 72.4. The van der Waals surface area contributed by atoms with Crippen LogP contribution in [0, 0.1) is 11.8 Å². The summed E-state index contributed by atoms with van der Waals surface area (Å²) in [6, 6.07) is 0. The highest BCUT2D eigenvalue weighted by atomic mass is 31.2. The fourth-order valence-electron chi connectivity index (χ4n) is 10.8. The Bertz CT molecular complexity index is 1750. The van der Waals surface area contributed by atoms with Gasteiger partial charge < -0.3 is 33.8 Å². The molecule has 0 fully saturated rings. The molecule has 0 aliphatic carbocycles. The van der Waals surface area contributed by atoms with Crippen LogP contribution in [0.2, 0.25) is 0 Å². The lowest BCUT2D eigenvalue weighted by Gasteiger charge is -2.21. The highest BCUT2D eigenvalue weighted by molar-refractivity contribution is 7.47. The quantitative estimate of drug-likeness (QED) is 0.0222. The molecule has 19 heteroatoms. The molecule has 5 atom stereocenters. The van der Waals surface area contributed by atoms with Crippen molar-refractivity contribution in [3.63, 3.8) is 0 Å². The maximum atomic E-state index is 13.0. The van der Waals surface area contributed by atoms with Gasteiger partial charge in [-0.15, -0.1) is 0 Å². The molecule has 90 heavy (non-hydrogen) atoms. The van der Waals surface area contributed by atoms with Crippen LogP contribution in [0.15, 0.2) is 0 Å². The number of phosphoric ester groups is 2. The first kappa shape index (κ1) is 88.1. The van der Waals surface area contributed by atoms with Gasteiger partial charge in [0.05, 0.1) is 26.4 Å². The number of carbonyl (C=O) groups is 4. The van der Waals surface area contributed by atoms with Crippen LogP contribution in [-0.2, 0) is 65.4 Å². The maximum Gasteiger partial charge on any atom is 0.472 e. The van der Waals surface area contributed by atoms with Crippen molar-refractivity contribution in [2.75, 3.05) is 39.6 Å². The van der Waals surface area contributed by atoms with E-state index in [0.29, 0.717) is 31.6 Å². The van der Waals surface area contributed by atoms with E-state index in [0.717, 1.165) is 102 Å². The van der Waals surface area contributed by atoms with E-state index in [4.69, 9.17) is 37.0 Å². The molecule has 0 aromatic carbocycles. The summed E-state index contributed by atoms with van der Waals surface area (Å²) in [6.45, 7) is 9.46. The summed E-state index contributed by atoms with van der Waals surface area (Å²) >= 11 is 0. The average Bonchev–Trinajstić information content (AvgIpc) is 3.29. The van der Waals surface area contributed by atoms with Gasteiger partial charge in [-0.2, -0.15) is 0 Å². The number of phosphoric acid groups is 2. The number of ether oxygens (including phenoxy) is 4. The SMILES string of the molecule is CCCCCCCCCCCCCCCCCCC(=O)OC[C@H](COP(=O)(O)OC[C@@H](O)COP(=O)(O)OC[C@@H](COC(=O)CCCCCCCCCC)OC(=O)CCCCCCCCC(C)C)OC(=O)CCCCCCCCCCCCCCCCC(C)C. The molecule has 0 aliphatic rings. The lowest BCUT2D eigenvalue weighted by molar-refractivity contribution is -0.161. The molecule has 0 heterocycles. The van der Waals surface area contributed by atoms with Gasteiger partial charge in [0.1, 0.15) is 19.3 Å². The molecule has 0 bridgehead atoms. The Kier molecular flexibility index (Phi) is 61.8. The van der Waals surface area contributed by atoms with Crippen molar-refractivity contribution in [2.24, 2.45) is 11.8 Å². The van der Waals surface area contributed by atoms with Crippen molar-refractivity contribution in [1.82, 2.24) is 0 Å². The van der Waals surface area contributed by atoms with Crippen LogP contribution in [-0.4, -0.2) is 96.7 Å². The van der Waals surface area contributed by atoms with E-state index in [1.54, 1.807) is 0 Å². The van der Waals surface area contributed by atoms with Crippen LogP contribution in [0.5, 0.6) is 0 Å². The molecular formula is C71H138O17P2. The Morgan fingerprint density at radius 2 is 0.511 bits per heavy atom. The third kappa shape index (κ3) is 64.8. The molecule has 17 nitrogen and oxygen atoms in total. The first-order valence-corrected chi connectivity index (χ1v) is 40.0. The molecule has 2 unspecified atom stereocenters. The average molecular weight is 1330 g/mol. The van der Waals surface area contributed by atoms with Crippen molar-refractivity contribution in [2.45, 2.75) is 381 Å². The number of rotatable bonds is 70. The van der Waals surface area contributed by atoms with Crippen LogP contribution in [0.3, 0.4) is 0 Å².